The lowest BCUT2D eigenvalue weighted by Crippen LogP contribution is -2.31. The van der Waals surface area contributed by atoms with E-state index in [2.05, 4.69) is 11.9 Å². The van der Waals surface area contributed by atoms with E-state index in [1.165, 1.54) is 0 Å². The van der Waals surface area contributed by atoms with Crippen LogP contribution >= 0.6 is 0 Å². The van der Waals surface area contributed by atoms with Gasteiger partial charge in [-0.2, -0.15) is 0 Å². The van der Waals surface area contributed by atoms with E-state index in [-0.39, 0.29) is 17.9 Å². The summed E-state index contributed by atoms with van der Waals surface area (Å²) >= 11 is 0. The first-order valence-electron chi connectivity index (χ1n) is 4.79. The van der Waals surface area contributed by atoms with Crippen molar-refractivity contribution < 1.29 is 9.90 Å². The number of hydrogen-bond donors (Lipinski definition) is 2. The van der Waals surface area contributed by atoms with Crippen LogP contribution in [0.1, 0.15) is 25.7 Å². The molecule has 1 fully saturated rings. The van der Waals surface area contributed by atoms with Crippen LogP contribution in [0.4, 0.5) is 0 Å². The molecule has 1 saturated carbocycles. The highest BCUT2D eigenvalue weighted by Gasteiger charge is 2.24. The molecule has 3 heteroatoms. The fourth-order valence-corrected chi connectivity index (χ4v) is 1.70. The fourth-order valence-electron chi connectivity index (χ4n) is 1.70. The highest BCUT2D eigenvalue weighted by atomic mass is 16.3. The van der Waals surface area contributed by atoms with Gasteiger partial charge in [0.1, 0.15) is 0 Å². The van der Waals surface area contributed by atoms with Gasteiger partial charge in [0.2, 0.25) is 5.91 Å². The molecule has 0 aromatic rings. The molecule has 0 spiro atoms. The van der Waals surface area contributed by atoms with Crippen molar-refractivity contribution in [2.75, 3.05) is 6.54 Å². The maximum atomic E-state index is 11.0. The molecule has 0 heterocycles. The lowest BCUT2D eigenvalue weighted by Gasteiger charge is -2.14. The SMILES string of the molecule is C=CCC(=O)NCC1CCCC1O. The molecular weight excluding hydrogens is 166 g/mol. The molecule has 2 unspecified atom stereocenters. The number of rotatable bonds is 4. The molecule has 1 rings (SSSR count). The molecule has 1 aliphatic rings. The molecule has 2 atom stereocenters. The van der Waals surface area contributed by atoms with Crippen LogP contribution in [0, 0.1) is 5.92 Å². The fraction of sp³-hybridized carbons (Fsp3) is 0.700. The maximum absolute atomic E-state index is 11.0. The molecule has 74 valence electrons. The number of aliphatic hydroxyl groups is 1. The minimum atomic E-state index is -0.218. The van der Waals surface area contributed by atoms with Gasteiger partial charge in [-0.1, -0.05) is 12.5 Å². The Labute approximate surface area is 78.8 Å². The second kappa shape index (κ2) is 5.02. The largest absolute Gasteiger partial charge is 0.393 e. The molecule has 2 N–H and O–H groups in total. The minimum absolute atomic E-state index is 0.00546. The van der Waals surface area contributed by atoms with Crippen LogP contribution in [0.15, 0.2) is 12.7 Å². The van der Waals surface area contributed by atoms with Crippen molar-refractivity contribution in [2.24, 2.45) is 5.92 Å². The Hall–Kier alpha value is -0.830. The normalized spacial score (nSPS) is 27.2. The Morgan fingerprint density at radius 1 is 1.62 bits per heavy atom. The molecule has 0 aliphatic heterocycles. The molecule has 0 bridgehead atoms. The van der Waals surface area contributed by atoms with Crippen LogP contribution in [0.2, 0.25) is 0 Å². The Kier molecular flexibility index (Phi) is 3.96. The summed E-state index contributed by atoms with van der Waals surface area (Å²) in [4.78, 5) is 11.0. The molecular formula is C10H17NO2. The van der Waals surface area contributed by atoms with Gasteiger partial charge in [0, 0.05) is 18.9 Å². The number of nitrogens with one attached hydrogen (secondary N) is 1. The molecule has 1 aliphatic carbocycles. The van der Waals surface area contributed by atoms with E-state index in [0.717, 1.165) is 19.3 Å². The van der Waals surface area contributed by atoms with Gasteiger partial charge < -0.3 is 10.4 Å². The summed E-state index contributed by atoms with van der Waals surface area (Å²) in [6.45, 7) is 4.09. The van der Waals surface area contributed by atoms with Crippen molar-refractivity contribution >= 4 is 5.91 Å². The summed E-state index contributed by atoms with van der Waals surface area (Å²) in [5.74, 6) is 0.253. The van der Waals surface area contributed by atoms with Crippen molar-refractivity contribution in [3.8, 4) is 0 Å². The third-order valence-corrected chi connectivity index (χ3v) is 2.51. The van der Waals surface area contributed by atoms with E-state index in [9.17, 15) is 9.90 Å². The third-order valence-electron chi connectivity index (χ3n) is 2.51. The Morgan fingerprint density at radius 3 is 2.92 bits per heavy atom. The van der Waals surface area contributed by atoms with E-state index in [0.29, 0.717) is 13.0 Å². The van der Waals surface area contributed by atoms with Crippen LogP contribution in [0.5, 0.6) is 0 Å². The van der Waals surface area contributed by atoms with Gasteiger partial charge in [0.05, 0.1) is 6.10 Å². The topological polar surface area (TPSA) is 49.3 Å². The predicted octanol–water partition coefficient (Wildman–Crippen LogP) is 0.840. The van der Waals surface area contributed by atoms with E-state index in [1.807, 2.05) is 0 Å². The smallest absolute Gasteiger partial charge is 0.223 e. The third kappa shape index (κ3) is 3.19. The van der Waals surface area contributed by atoms with Gasteiger partial charge in [0.15, 0.2) is 0 Å². The molecule has 13 heavy (non-hydrogen) atoms. The van der Waals surface area contributed by atoms with Gasteiger partial charge in [-0.05, 0) is 12.8 Å². The first-order chi connectivity index (χ1) is 6.24. The van der Waals surface area contributed by atoms with Crippen molar-refractivity contribution in [2.45, 2.75) is 31.8 Å². The van der Waals surface area contributed by atoms with Crippen molar-refractivity contribution in [3.63, 3.8) is 0 Å². The van der Waals surface area contributed by atoms with Crippen LogP contribution < -0.4 is 5.32 Å². The van der Waals surface area contributed by atoms with Gasteiger partial charge >= 0.3 is 0 Å². The molecule has 0 saturated heterocycles. The van der Waals surface area contributed by atoms with Crippen LogP contribution in [0.25, 0.3) is 0 Å². The molecule has 3 nitrogen and oxygen atoms in total. The predicted molar refractivity (Wildman–Crippen MR) is 51.2 cm³/mol. The van der Waals surface area contributed by atoms with Crippen molar-refractivity contribution in [3.05, 3.63) is 12.7 Å². The van der Waals surface area contributed by atoms with E-state index < -0.39 is 0 Å². The summed E-state index contributed by atoms with van der Waals surface area (Å²) in [6.07, 6.45) is 4.70. The Bertz CT molecular complexity index is 191. The van der Waals surface area contributed by atoms with Crippen molar-refractivity contribution in [1.82, 2.24) is 5.32 Å². The first-order valence-corrected chi connectivity index (χ1v) is 4.79. The Balaban J connectivity index is 2.17. The quantitative estimate of drug-likeness (QED) is 0.634. The average molecular weight is 183 g/mol. The molecule has 0 radical (unpaired) electrons. The molecule has 0 aromatic carbocycles. The zero-order chi connectivity index (χ0) is 9.68. The lowest BCUT2D eigenvalue weighted by molar-refractivity contribution is -0.120. The number of aliphatic hydroxyl groups excluding tert-OH is 1. The Morgan fingerprint density at radius 2 is 2.38 bits per heavy atom. The number of hydrogen-bond acceptors (Lipinski definition) is 2. The summed E-state index contributed by atoms with van der Waals surface area (Å²) in [5, 5.41) is 12.2. The monoisotopic (exact) mass is 183 g/mol. The van der Waals surface area contributed by atoms with Crippen LogP contribution in [-0.2, 0) is 4.79 Å². The van der Waals surface area contributed by atoms with Crippen LogP contribution in [0.3, 0.4) is 0 Å². The number of carbonyl (C=O) groups excluding carboxylic acids is 1. The zero-order valence-corrected chi connectivity index (χ0v) is 7.83. The van der Waals surface area contributed by atoms with Crippen LogP contribution in [-0.4, -0.2) is 23.7 Å². The number of carbonyl (C=O) groups is 1. The number of amides is 1. The standard InChI is InChI=1S/C10H17NO2/c1-2-4-10(13)11-7-8-5-3-6-9(8)12/h2,8-9,12H,1,3-7H2,(H,11,13). The highest BCUT2D eigenvalue weighted by Crippen LogP contribution is 2.24. The van der Waals surface area contributed by atoms with Gasteiger partial charge in [-0.25, -0.2) is 0 Å². The average Bonchev–Trinajstić information content (AvgIpc) is 2.48. The minimum Gasteiger partial charge on any atom is -0.393 e. The summed E-state index contributed by atoms with van der Waals surface area (Å²) in [5.41, 5.74) is 0. The molecule has 1 amide bonds. The summed E-state index contributed by atoms with van der Waals surface area (Å²) < 4.78 is 0. The maximum Gasteiger partial charge on any atom is 0.223 e. The highest BCUT2D eigenvalue weighted by molar-refractivity contribution is 5.77. The lowest BCUT2D eigenvalue weighted by atomic mass is 10.1. The first kappa shape index (κ1) is 10.3. The second-order valence-corrected chi connectivity index (χ2v) is 3.56. The summed E-state index contributed by atoms with van der Waals surface area (Å²) in [7, 11) is 0. The van der Waals surface area contributed by atoms with Crippen molar-refractivity contribution in [1.29, 1.82) is 0 Å². The second-order valence-electron chi connectivity index (χ2n) is 3.56. The van der Waals surface area contributed by atoms with Gasteiger partial charge in [-0.3, -0.25) is 4.79 Å². The summed E-state index contributed by atoms with van der Waals surface area (Å²) in [6, 6.07) is 0. The zero-order valence-electron chi connectivity index (χ0n) is 7.83. The molecule has 0 aromatic heterocycles. The van der Waals surface area contributed by atoms with E-state index >= 15 is 0 Å². The van der Waals surface area contributed by atoms with E-state index in [4.69, 9.17) is 0 Å². The van der Waals surface area contributed by atoms with Gasteiger partial charge in [-0.15, -0.1) is 6.58 Å². The van der Waals surface area contributed by atoms with Gasteiger partial charge in [0.25, 0.3) is 0 Å². The van der Waals surface area contributed by atoms with E-state index in [1.54, 1.807) is 6.08 Å².